The van der Waals surface area contributed by atoms with Crippen LogP contribution in [0.15, 0.2) is 18.2 Å². The molecule has 0 aliphatic heterocycles. The van der Waals surface area contributed by atoms with Crippen LogP contribution in [0.5, 0.6) is 0 Å². The summed E-state index contributed by atoms with van der Waals surface area (Å²) in [6, 6.07) is 5.49. The van der Waals surface area contributed by atoms with Crippen LogP contribution < -0.4 is 11.3 Å². The lowest BCUT2D eigenvalue weighted by Crippen LogP contribution is -2.30. The summed E-state index contributed by atoms with van der Waals surface area (Å²) in [5, 5.41) is 0. The fraction of sp³-hybridized carbons (Fsp3) is 0.625. The van der Waals surface area contributed by atoms with E-state index in [9.17, 15) is 4.39 Å². The van der Waals surface area contributed by atoms with Crippen LogP contribution in [0.25, 0.3) is 0 Å². The van der Waals surface area contributed by atoms with Crippen LogP contribution in [0.1, 0.15) is 49.3 Å². The van der Waals surface area contributed by atoms with Crippen LogP contribution >= 0.6 is 0 Å². The zero-order valence-electron chi connectivity index (χ0n) is 11.5. The Hall–Kier alpha value is -0.930. The van der Waals surface area contributed by atoms with Crippen LogP contribution in [0.4, 0.5) is 4.39 Å². The van der Waals surface area contributed by atoms with Crippen LogP contribution in [0, 0.1) is 30.5 Å². The second kappa shape index (κ2) is 5.22. The molecule has 0 saturated heterocycles. The molecule has 2 aliphatic carbocycles. The molecule has 0 heterocycles. The lowest BCUT2D eigenvalue weighted by Gasteiger charge is -2.26. The lowest BCUT2D eigenvalue weighted by atomic mass is 9.83. The van der Waals surface area contributed by atoms with Crippen LogP contribution in [-0.2, 0) is 0 Å². The van der Waals surface area contributed by atoms with Gasteiger partial charge in [-0.1, -0.05) is 18.6 Å². The summed E-state index contributed by atoms with van der Waals surface area (Å²) in [5.74, 6) is 8.25. The van der Waals surface area contributed by atoms with Crippen LogP contribution in [0.2, 0.25) is 0 Å². The van der Waals surface area contributed by atoms with E-state index >= 15 is 0 Å². The molecule has 1 aromatic carbocycles. The van der Waals surface area contributed by atoms with Crippen molar-refractivity contribution in [2.24, 2.45) is 23.6 Å². The number of aryl methyl sites for hydroxylation is 1. The van der Waals surface area contributed by atoms with Gasteiger partial charge in [0.25, 0.3) is 0 Å². The van der Waals surface area contributed by atoms with E-state index in [2.05, 4.69) is 5.43 Å². The molecule has 4 atom stereocenters. The highest BCUT2D eigenvalue weighted by molar-refractivity contribution is 5.26. The summed E-state index contributed by atoms with van der Waals surface area (Å²) >= 11 is 0. The van der Waals surface area contributed by atoms with E-state index in [1.54, 1.807) is 6.07 Å². The molecule has 2 nitrogen and oxygen atoms in total. The first kappa shape index (κ1) is 13.1. The predicted molar refractivity (Wildman–Crippen MR) is 74.8 cm³/mol. The van der Waals surface area contributed by atoms with Gasteiger partial charge in [-0.2, -0.15) is 0 Å². The van der Waals surface area contributed by atoms with Gasteiger partial charge in [-0.25, -0.2) is 4.39 Å². The number of benzene rings is 1. The Morgan fingerprint density at radius 1 is 1.37 bits per heavy atom. The minimum Gasteiger partial charge on any atom is -0.271 e. The summed E-state index contributed by atoms with van der Waals surface area (Å²) < 4.78 is 13.3. The number of nitrogens with two attached hydrogens (primary N) is 1. The van der Waals surface area contributed by atoms with Crippen molar-refractivity contribution < 1.29 is 4.39 Å². The molecule has 104 valence electrons. The Balaban J connectivity index is 1.71. The average molecular weight is 262 g/mol. The summed E-state index contributed by atoms with van der Waals surface area (Å²) in [5.41, 5.74) is 4.74. The van der Waals surface area contributed by atoms with Gasteiger partial charge in [0.1, 0.15) is 5.82 Å². The summed E-state index contributed by atoms with van der Waals surface area (Å²) in [6.45, 7) is 1.81. The molecule has 4 unspecified atom stereocenters. The van der Waals surface area contributed by atoms with Gasteiger partial charge in [0.2, 0.25) is 0 Å². The van der Waals surface area contributed by atoms with E-state index < -0.39 is 0 Å². The molecular weight excluding hydrogens is 239 g/mol. The molecule has 3 rings (SSSR count). The second-order valence-electron chi connectivity index (χ2n) is 6.40. The third-order valence-electron chi connectivity index (χ3n) is 5.21. The van der Waals surface area contributed by atoms with Crippen molar-refractivity contribution >= 4 is 0 Å². The maximum atomic E-state index is 13.3. The number of halogens is 1. The Bertz CT molecular complexity index is 460. The first-order valence-corrected chi connectivity index (χ1v) is 7.39. The molecule has 2 bridgehead atoms. The molecule has 0 aromatic heterocycles. The normalized spacial score (nSPS) is 30.8. The highest BCUT2D eigenvalue weighted by Crippen LogP contribution is 2.50. The standard InChI is InChI=1S/C16H23FN2/c1-10-6-13(4-5-15(10)17)16(19-18)9-14-8-11-2-3-12(14)7-11/h4-6,11-12,14,16,19H,2-3,7-9,18H2,1H3. The number of fused-ring (bicyclic) bond motifs is 2. The molecule has 2 aliphatic rings. The van der Waals surface area contributed by atoms with Crippen LogP contribution in [0.3, 0.4) is 0 Å². The van der Waals surface area contributed by atoms with Gasteiger partial charge in [0, 0.05) is 6.04 Å². The largest absolute Gasteiger partial charge is 0.271 e. The topological polar surface area (TPSA) is 38.0 Å². The zero-order chi connectivity index (χ0) is 13.4. The van der Waals surface area contributed by atoms with Crippen molar-refractivity contribution in [3.63, 3.8) is 0 Å². The van der Waals surface area contributed by atoms with E-state index in [0.29, 0.717) is 5.56 Å². The Morgan fingerprint density at radius 2 is 2.21 bits per heavy atom. The lowest BCUT2D eigenvalue weighted by molar-refractivity contribution is 0.280. The molecule has 0 radical (unpaired) electrons. The van der Waals surface area contributed by atoms with Crippen LogP contribution in [-0.4, -0.2) is 0 Å². The first-order chi connectivity index (χ1) is 9.17. The third-order valence-corrected chi connectivity index (χ3v) is 5.21. The number of nitrogens with one attached hydrogen (secondary N) is 1. The van der Waals surface area contributed by atoms with Crippen molar-refractivity contribution in [1.29, 1.82) is 0 Å². The number of rotatable bonds is 4. The molecule has 0 amide bonds. The second-order valence-corrected chi connectivity index (χ2v) is 6.40. The van der Waals surface area contributed by atoms with E-state index in [4.69, 9.17) is 5.84 Å². The summed E-state index contributed by atoms with van der Waals surface area (Å²) in [4.78, 5) is 0. The average Bonchev–Trinajstić information content (AvgIpc) is 3.01. The molecule has 3 N–H and O–H groups in total. The summed E-state index contributed by atoms with van der Waals surface area (Å²) in [7, 11) is 0. The fourth-order valence-electron chi connectivity index (χ4n) is 4.15. The van der Waals surface area contributed by atoms with Gasteiger partial charge in [-0.15, -0.1) is 0 Å². The van der Waals surface area contributed by atoms with Gasteiger partial charge in [0.15, 0.2) is 0 Å². The maximum absolute atomic E-state index is 13.3. The third kappa shape index (κ3) is 2.54. The molecule has 2 fully saturated rings. The van der Waals surface area contributed by atoms with Crippen molar-refractivity contribution in [3.05, 3.63) is 35.1 Å². The molecule has 0 spiro atoms. The molecule has 19 heavy (non-hydrogen) atoms. The van der Waals surface area contributed by atoms with Gasteiger partial charge in [-0.05, 0) is 67.6 Å². The Labute approximate surface area is 114 Å². The number of hydrazine groups is 1. The Morgan fingerprint density at radius 3 is 2.79 bits per heavy atom. The van der Waals surface area contributed by atoms with E-state index in [0.717, 1.165) is 29.7 Å². The van der Waals surface area contributed by atoms with E-state index in [1.807, 2.05) is 19.1 Å². The van der Waals surface area contributed by atoms with Crippen molar-refractivity contribution in [2.75, 3.05) is 0 Å². The maximum Gasteiger partial charge on any atom is 0.126 e. The minimum absolute atomic E-state index is 0.139. The number of hydrogen-bond acceptors (Lipinski definition) is 2. The quantitative estimate of drug-likeness (QED) is 0.644. The SMILES string of the molecule is Cc1cc(C(CC2CC3CCC2C3)NN)ccc1F. The van der Waals surface area contributed by atoms with Gasteiger partial charge in [0.05, 0.1) is 0 Å². The molecule has 3 heteroatoms. The molecule has 2 saturated carbocycles. The summed E-state index contributed by atoms with van der Waals surface area (Å²) in [6.07, 6.45) is 6.70. The Kier molecular flexibility index (Phi) is 3.59. The zero-order valence-corrected chi connectivity index (χ0v) is 11.5. The van der Waals surface area contributed by atoms with Crippen molar-refractivity contribution in [3.8, 4) is 0 Å². The van der Waals surface area contributed by atoms with Crippen molar-refractivity contribution in [1.82, 2.24) is 5.43 Å². The molecular formula is C16H23FN2. The van der Waals surface area contributed by atoms with Gasteiger partial charge >= 0.3 is 0 Å². The smallest absolute Gasteiger partial charge is 0.126 e. The van der Waals surface area contributed by atoms with Gasteiger partial charge < -0.3 is 0 Å². The fourth-order valence-corrected chi connectivity index (χ4v) is 4.15. The molecule has 1 aromatic rings. The highest BCUT2D eigenvalue weighted by atomic mass is 19.1. The minimum atomic E-state index is -0.139. The monoisotopic (exact) mass is 262 g/mol. The number of hydrogen-bond donors (Lipinski definition) is 2. The van der Waals surface area contributed by atoms with Crippen molar-refractivity contribution in [2.45, 2.75) is 45.1 Å². The van der Waals surface area contributed by atoms with Gasteiger partial charge in [-0.3, -0.25) is 11.3 Å². The highest BCUT2D eigenvalue weighted by Gasteiger charge is 2.40. The predicted octanol–water partition coefficient (Wildman–Crippen LogP) is 3.46. The first-order valence-electron chi connectivity index (χ1n) is 7.39. The van der Waals surface area contributed by atoms with E-state index in [-0.39, 0.29) is 11.9 Å². The van der Waals surface area contributed by atoms with E-state index in [1.165, 1.54) is 25.7 Å².